The lowest BCUT2D eigenvalue weighted by Gasteiger charge is -2.11. The highest BCUT2D eigenvalue weighted by Gasteiger charge is 2.19. The third-order valence-electron chi connectivity index (χ3n) is 2.65. The van der Waals surface area contributed by atoms with Gasteiger partial charge in [-0.3, -0.25) is 14.9 Å². The number of aliphatic hydroxyl groups excluding tert-OH is 1. The van der Waals surface area contributed by atoms with Crippen LogP contribution in [-0.2, 0) is 0 Å². The fourth-order valence-corrected chi connectivity index (χ4v) is 1.80. The molecule has 1 unspecified atom stereocenters. The summed E-state index contributed by atoms with van der Waals surface area (Å²) < 4.78 is 0. The maximum Gasteiger partial charge on any atom is 0.288 e. The summed E-state index contributed by atoms with van der Waals surface area (Å²) in [4.78, 5) is 21.9. The first-order valence-electron chi connectivity index (χ1n) is 5.79. The molecule has 0 radical (unpaired) electrons. The van der Waals surface area contributed by atoms with Gasteiger partial charge in [0.15, 0.2) is 0 Å². The molecule has 1 aromatic carbocycles. The van der Waals surface area contributed by atoms with E-state index in [2.05, 4.69) is 5.32 Å². The summed E-state index contributed by atoms with van der Waals surface area (Å²) >= 11 is 5.83. The van der Waals surface area contributed by atoms with Gasteiger partial charge in [-0.25, -0.2) is 0 Å². The van der Waals surface area contributed by atoms with Crippen molar-refractivity contribution in [2.45, 2.75) is 13.3 Å². The van der Waals surface area contributed by atoms with E-state index < -0.39 is 10.8 Å². The summed E-state index contributed by atoms with van der Waals surface area (Å²) in [5.74, 6) is -0.343. The van der Waals surface area contributed by atoms with Gasteiger partial charge >= 0.3 is 0 Å². The van der Waals surface area contributed by atoms with Crippen LogP contribution in [0.3, 0.4) is 0 Å². The Morgan fingerprint density at radius 2 is 2.26 bits per heavy atom. The molecule has 0 bridgehead atoms. The topological polar surface area (TPSA) is 92.5 Å². The number of rotatable bonds is 6. The number of hydrogen-bond donors (Lipinski definition) is 2. The molecule has 7 heteroatoms. The average molecular weight is 287 g/mol. The molecule has 0 aromatic heterocycles. The SMILES string of the molecule is CC(CCO)CNC(=O)c1cccc([N+](=O)[O-])c1Cl. The van der Waals surface area contributed by atoms with Crippen molar-refractivity contribution in [1.82, 2.24) is 5.32 Å². The first-order chi connectivity index (χ1) is 8.97. The van der Waals surface area contributed by atoms with Gasteiger partial charge < -0.3 is 10.4 Å². The number of hydrogen-bond acceptors (Lipinski definition) is 4. The van der Waals surface area contributed by atoms with Crippen LogP contribution in [0.1, 0.15) is 23.7 Å². The van der Waals surface area contributed by atoms with Gasteiger partial charge in [0.2, 0.25) is 0 Å². The predicted octanol–water partition coefficient (Wildman–Crippen LogP) is 2.00. The first kappa shape index (κ1) is 15.4. The van der Waals surface area contributed by atoms with Crippen LogP contribution in [0.5, 0.6) is 0 Å². The van der Waals surface area contributed by atoms with Crippen molar-refractivity contribution in [3.05, 3.63) is 38.9 Å². The molecule has 0 aliphatic heterocycles. The summed E-state index contributed by atoms with van der Waals surface area (Å²) in [6, 6.07) is 4.09. The maximum absolute atomic E-state index is 11.9. The number of carbonyl (C=O) groups excluding carboxylic acids is 1. The zero-order chi connectivity index (χ0) is 14.4. The second-order valence-corrected chi connectivity index (χ2v) is 4.60. The number of nitro benzene ring substituents is 1. The molecule has 19 heavy (non-hydrogen) atoms. The van der Waals surface area contributed by atoms with Crippen LogP contribution < -0.4 is 5.32 Å². The number of carbonyl (C=O) groups is 1. The summed E-state index contributed by atoms with van der Waals surface area (Å²) in [7, 11) is 0. The molecule has 0 heterocycles. The number of nitrogens with zero attached hydrogens (tertiary/aromatic N) is 1. The van der Waals surface area contributed by atoms with E-state index in [1.54, 1.807) is 0 Å². The van der Waals surface area contributed by atoms with E-state index in [0.29, 0.717) is 13.0 Å². The molecule has 1 amide bonds. The minimum absolute atomic E-state index is 0.0502. The summed E-state index contributed by atoms with van der Waals surface area (Å²) in [5, 5.41) is 21.9. The normalized spacial score (nSPS) is 11.9. The number of halogens is 1. The van der Waals surface area contributed by atoms with E-state index in [1.807, 2.05) is 6.92 Å². The Bertz CT molecular complexity index is 479. The van der Waals surface area contributed by atoms with Gasteiger partial charge in [0, 0.05) is 19.2 Å². The van der Waals surface area contributed by atoms with E-state index in [4.69, 9.17) is 16.7 Å². The number of nitrogens with one attached hydrogen (secondary N) is 1. The Labute approximate surface area is 115 Å². The van der Waals surface area contributed by atoms with Crippen LogP contribution in [-0.4, -0.2) is 29.1 Å². The third kappa shape index (κ3) is 4.18. The standard InChI is InChI=1S/C12H15ClN2O4/c1-8(5-6-16)7-14-12(17)9-3-2-4-10(11(9)13)15(18)19/h2-4,8,16H,5-7H2,1H3,(H,14,17). The van der Waals surface area contributed by atoms with Crippen LogP contribution in [0, 0.1) is 16.0 Å². The molecule has 0 spiro atoms. The smallest absolute Gasteiger partial charge is 0.288 e. The molecule has 0 aliphatic carbocycles. The molecular weight excluding hydrogens is 272 g/mol. The molecule has 1 atom stereocenters. The number of nitro groups is 1. The zero-order valence-electron chi connectivity index (χ0n) is 10.4. The highest BCUT2D eigenvalue weighted by molar-refractivity contribution is 6.35. The molecule has 0 saturated heterocycles. The number of aliphatic hydroxyl groups is 1. The van der Waals surface area contributed by atoms with E-state index in [0.717, 1.165) is 0 Å². The first-order valence-corrected chi connectivity index (χ1v) is 6.17. The van der Waals surface area contributed by atoms with E-state index >= 15 is 0 Å². The van der Waals surface area contributed by atoms with Gasteiger partial charge in [-0.1, -0.05) is 24.6 Å². The van der Waals surface area contributed by atoms with Crippen LogP contribution in [0.25, 0.3) is 0 Å². The van der Waals surface area contributed by atoms with Gasteiger partial charge in [-0.15, -0.1) is 0 Å². The van der Waals surface area contributed by atoms with Crippen molar-refractivity contribution in [2.75, 3.05) is 13.2 Å². The highest BCUT2D eigenvalue weighted by Crippen LogP contribution is 2.27. The Hall–Kier alpha value is -1.66. The summed E-state index contributed by atoms with van der Waals surface area (Å²) in [6.07, 6.45) is 0.572. The number of benzene rings is 1. The predicted molar refractivity (Wildman–Crippen MR) is 71.3 cm³/mol. The fourth-order valence-electron chi connectivity index (χ4n) is 1.52. The molecule has 1 aromatic rings. The second kappa shape index (κ2) is 7.06. The molecule has 0 saturated carbocycles. The number of amides is 1. The van der Waals surface area contributed by atoms with Crippen molar-refractivity contribution in [3.8, 4) is 0 Å². The average Bonchev–Trinajstić information content (AvgIpc) is 2.36. The van der Waals surface area contributed by atoms with E-state index in [9.17, 15) is 14.9 Å². The van der Waals surface area contributed by atoms with Gasteiger partial charge in [0.25, 0.3) is 11.6 Å². The monoisotopic (exact) mass is 286 g/mol. The Morgan fingerprint density at radius 1 is 1.58 bits per heavy atom. The van der Waals surface area contributed by atoms with Gasteiger partial charge in [0.05, 0.1) is 10.5 Å². The lowest BCUT2D eigenvalue weighted by atomic mass is 10.1. The molecule has 2 N–H and O–H groups in total. The fraction of sp³-hybridized carbons (Fsp3) is 0.417. The second-order valence-electron chi connectivity index (χ2n) is 4.22. The van der Waals surface area contributed by atoms with Crippen molar-refractivity contribution < 1.29 is 14.8 Å². The maximum atomic E-state index is 11.9. The largest absolute Gasteiger partial charge is 0.396 e. The minimum atomic E-state index is -0.631. The van der Waals surface area contributed by atoms with Crippen LogP contribution in [0.4, 0.5) is 5.69 Å². The lowest BCUT2D eigenvalue weighted by Crippen LogP contribution is -2.28. The molecule has 0 aliphatic rings. The van der Waals surface area contributed by atoms with Crippen LogP contribution in [0.15, 0.2) is 18.2 Å². The Morgan fingerprint density at radius 3 is 2.84 bits per heavy atom. The van der Waals surface area contributed by atoms with Crippen LogP contribution in [0.2, 0.25) is 5.02 Å². The van der Waals surface area contributed by atoms with Crippen molar-refractivity contribution in [2.24, 2.45) is 5.92 Å². The minimum Gasteiger partial charge on any atom is -0.396 e. The molecule has 1 rings (SSSR count). The van der Waals surface area contributed by atoms with E-state index in [1.165, 1.54) is 18.2 Å². The van der Waals surface area contributed by atoms with Crippen molar-refractivity contribution in [3.63, 3.8) is 0 Å². The Balaban J connectivity index is 2.78. The van der Waals surface area contributed by atoms with Crippen molar-refractivity contribution >= 4 is 23.2 Å². The molecule has 104 valence electrons. The summed E-state index contributed by atoms with van der Waals surface area (Å²) in [5.41, 5.74) is -0.218. The quantitative estimate of drug-likeness (QED) is 0.618. The molecule has 6 nitrogen and oxygen atoms in total. The molecular formula is C12H15ClN2O4. The van der Waals surface area contributed by atoms with Crippen LogP contribution >= 0.6 is 11.6 Å². The lowest BCUT2D eigenvalue weighted by molar-refractivity contribution is -0.384. The van der Waals surface area contributed by atoms with E-state index in [-0.39, 0.29) is 28.8 Å². The third-order valence-corrected chi connectivity index (χ3v) is 3.05. The molecule has 0 fully saturated rings. The Kier molecular flexibility index (Phi) is 5.72. The van der Waals surface area contributed by atoms with Crippen molar-refractivity contribution in [1.29, 1.82) is 0 Å². The highest BCUT2D eigenvalue weighted by atomic mass is 35.5. The zero-order valence-corrected chi connectivity index (χ0v) is 11.2. The van der Waals surface area contributed by atoms with Gasteiger partial charge in [0.1, 0.15) is 5.02 Å². The van der Waals surface area contributed by atoms with Gasteiger partial charge in [-0.05, 0) is 18.4 Å². The van der Waals surface area contributed by atoms with Gasteiger partial charge in [-0.2, -0.15) is 0 Å². The summed E-state index contributed by atoms with van der Waals surface area (Å²) in [6.45, 7) is 2.30.